The second-order valence-electron chi connectivity index (χ2n) is 6.08. The van der Waals surface area contributed by atoms with Crippen LogP contribution in [0, 0.1) is 0 Å². The standard InChI is InChI=1S/C19H10Cl3N5O3S/c20-9-1-4-11(5-2-9)27-17(29)13(15(28)24-19(27)30)8-23-18-26-25-16(31-18)12-6-3-10(21)7-14(12)22/h1-8,29H,(H,24,28,30)/b23-8+. The van der Waals surface area contributed by atoms with Crippen LogP contribution >= 0.6 is 46.1 Å². The summed E-state index contributed by atoms with van der Waals surface area (Å²) in [6.07, 6.45) is 1.10. The number of aromatic amines is 1. The van der Waals surface area contributed by atoms with Gasteiger partial charge in [0, 0.05) is 21.8 Å². The number of halogens is 3. The van der Waals surface area contributed by atoms with Gasteiger partial charge in [-0.15, -0.1) is 10.2 Å². The highest BCUT2D eigenvalue weighted by molar-refractivity contribution is 7.18. The summed E-state index contributed by atoms with van der Waals surface area (Å²) in [5, 5.41) is 20.6. The molecule has 0 saturated heterocycles. The van der Waals surface area contributed by atoms with Crippen LogP contribution in [0.3, 0.4) is 0 Å². The minimum atomic E-state index is -0.808. The number of hydrogen-bond donors (Lipinski definition) is 2. The van der Waals surface area contributed by atoms with Crippen LogP contribution < -0.4 is 11.2 Å². The van der Waals surface area contributed by atoms with E-state index in [1.54, 1.807) is 30.3 Å². The van der Waals surface area contributed by atoms with Crippen LogP contribution in [0.1, 0.15) is 5.56 Å². The SMILES string of the molecule is O=c1[nH]c(=O)n(-c2ccc(Cl)cc2)c(O)c1/C=N/c1nnc(-c2ccc(Cl)cc2Cl)s1. The number of nitrogens with one attached hydrogen (secondary N) is 1. The number of nitrogens with zero attached hydrogens (tertiary/aromatic N) is 4. The molecule has 4 rings (SSSR count). The molecule has 0 aliphatic heterocycles. The predicted molar refractivity (Wildman–Crippen MR) is 122 cm³/mol. The van der Waals surface area contributed by atoms with Crippen molar-refractivity contribution in [3.63, 3.8) is 0 Å². The Kier molecular flexibility index (Phi) is 5.92. The smallest absolute Gasteiger partial charge is 0.335 e. The molecule has 2 heterocycles. The van der Waals surface area contributed by atoms with Crippen molar-refractivity contribution in [3.8, 4) is 22.1 Å². The van der Waals surface area contributed by atoms with Crippen LogP contribution in [0.4, 0.5) is 5.13 Å². The van der Waals surface area contributed by atoms with E-state index >= 15 is 0 Å². The molecule has 2 aromatic carbocycles. The number of aromatic nitrogens is 4. The number of benzene rings is 2. The number of aliphatic imine (C=N–C) groups is 1. The zero-order valence-electron chi connectivity index (χ0n) is 15.2. The Morgan fingerprint density at radius 1 is 1.03 bits per heavy atom. The van der Waals surface area contributed by atoms with E-state index in [0.717, 1.165) is 22.1 Å². The van der Waals surface area contributed by atoms with Crippen molar-refractivity contribution < 1.29 is 5.11 Å². The van der Waals surface area contributed by atoms with Gasteiger partial charge >= 0.3 is 5.69 Å². The minimum absolute atomic E-state index is 0.212. The van der Waals surface area contributed by atoms with E-state index in [2.05, 4.69) is 20.2 Å². The Hall–Kier alpha value is -2.98. The third-order valence-electron chi connectivity index (χ3n) is 4.09. The molecule has 8 nitrogen and oxygen atoms in total. The fourth-order valence-electron chi connectivity index (χ4n) is 2.64. The zero-order chi connectivity index (χ0) is 22.1. The molecule has 2 aromatic heterocycles. The van der Waals surface area contributed by atoms with Gasteiger partial charge in [-0.05, 0) is 42.5 Å². The molecule has 0 atom stereocenters. The van der Waals surface area contributed by atoms with E-state index < -0.39 is 17.1 Å². The number of rotatable bonds is 4. The second kappa shape index (κ2) is 8.64. The average molecular weight is 495 g/mol. The van der Waals surface area contributed by atoms with Crippen molar-refractivity contribution in [1.29, 1.82) is 0 Å². The van der Waals surface area contributed by atoms with Gasteiger partial charge in [0.05, 0.1) is 10.7 Å². The quantitative estimate of drug-likeness (QED) is 0.407. The molecule has 0 fully saturated rings. The molecule has 4 aromatic rings. The van der Waals surface area contributed by atoms with Crippen LogP contribution in [0.2, 0.25) is 15.1 Å². The molecule has 0 spiro atoms. The van der Waals surface area contributed by atoms with Gasteiger partial charge in [-0.2, -0.15) is 0 Å². The Morgan fingerprint density at radius 3 is 2.45 bits per heavy atom. The van der Waals surface area contributed by atoms with Crippen molar-refractivity contribution in [3.05, 3.63) is 83.9 Å². The fraction of sp³-hybridized carbons (Fsp3) is 0. The highest BCUT2D eigenvalue weighted by Crippen LogP contribution is 2.34. The van der Waals surface area contributed by atoms with Gasteiger partial charge in [0.15, 0.2) is 5.01 Å². The molecule has 0 bridgehead atoms. The summed E-state index contributed by atoms with van der Waals surface area (Å²) >= 11 is 19.1. The van der Waals surface area contributed by atoms with Crippen LogP contribution in [0.25, 0.3) is 16.3 Å². The summed E-state index contributed by atoms with van der Waals surface area (Å²) in [5.41, 5.74) is -0.897. The molecule has 12 heteroatoms. The third-order valence-corrected chi connectivity index (χ3v) is 5.75. The average Bonchev–Trinajstić information content (AvgIpc) is 3.17. The van der Waals surface area contributed by atoms with Crippen molar-refractivity contribution >= 4 is 57.5 Å². The summed E-state index contributed by atoms with van der Waals surface area (Å²) in [6, 6.07) is 11.1. The number of hydrogen-bond acceptors (Lipinski definition) is 7. The maximum atomic E-state index is 12.2. The van der Waals surface area contributed by atoms with E-state index in [1.807, 2.05) is 0 Å². The molecule has 0 radical (unpaired) electrons. The number of H-pyrrole nitrogens is 1. The molecular formula is C19H10Cl3N5O3S. The monoisotopic (exact) mass is 493 g/mol. The highest BCUT2D eigenvalue weighted by atomic mass is 35.5. The fourth-order valence-corrected chi connectivity index (χ4v) is 4.05. The number of aromatic hydroxyl groups is 1. The summed E-state index contributed by atoms with van der Waals surface area (Å²) in [6.45, 7) is 0. The van der Waals surface area contributed by atoms with Gasteiger partial charge in [0.1, 0.15) is 5.56 Å². The molecule has 0 aliphatic rings. The first-order valence-corrected chi connectivity index (χ1v) is 10.5. The molecule has 156 valence electrons. The van der Waals surface area contributed by atoms with Gasteiger partial charge in [-0.25, -0.2) is 14.4 Å². The first-order chi connectivity index (χ1) is 14.8. The lowest BCUT2D eigenvalue weighted by Gasteiger charge is -2.09. The largest absolute Gasteiger partial charge is 0.493 e. The minimum Gasteiger partial charge on any atom is -0.493 e. The summed E-state index contributed by atoms with van der Waals surface area (Å²) < 4.78 is 0.929. The van der Waals surface area contributed by atoms with Crippen molar-refractivity contribution in [1.82, 2.24) is 19.7 Å². The molecule has 2 N–H and O–H groups in total. The Bertz CT molecular complexity index is 1430. The van der Waals surface area contributed by atoms with E-state index in [1.165, 1.54) is 12.1 Å². The van der Waals surface area contributed by atoms with Crippen molar-refractivity contribution in [2.75, 3.05) is 0 Å². The third kappa shape index (κ3) is 4.40. The van der Waals surface area contributed by atoms with Gasteiger partial charge < -0.3 is 5.11 Å². The molecule has 0 unspecified atom stereocenters. The Balaban J connectivity index is 1.71. The molecule has 31 heavy (non-hydrogen) atoms. The lowest BCUT2D eigenvalue weighted by Crippen LogP contribution is -2.31. The van der Waals surface area contributed by atoms with Gasteiger partial charge in [-0.1, -0.05) is 46.1 Å². The first-order valence-electron chi connectivity index (χ1n) is 8.50. The molecule has 0 aliphatic carbocycles. The Morgan fingerprint density at radius 2 is 1.74 bits per heavy atom. The van der Waals surface area contributed by atoms with Gasteiger partial charge in [0.25, 0.3) is 5.56 Å². The topological polar surface area (TPSA) is 113 Å². The molecule has 0 amide bonds. The zero-order valence-corrected chi connectivity index (χ0v) is 18.3. The van der Waals surface area contributed by atoms with Crippen molar-refractivity contribution in [2.24, 2.45) is 4.99 Å². The van der Waals surface area contributed by atoms with Crippen LogP contribution in [0.5, 0.6) is 5.88 Å². The van der Waals surface area contributed by atoms with Crippen LogP contribution in [-0.2, 0) is 0 Å². The summed E-state index contributed by atoms with van der Waals surface area (Å²) in [5.74, 6) is -0.578. The Labute approximate surface area is 193 Å². The lowest BCUT2D eigenvalue weighted by molar-refractivity contribution is 0.430. The maximum Gasteiger partial charge on any atom is 0.335 e. The van der Waals surface area contributed by atoms with E-state index in [0.29, 0.717) is 31.3 Å². The highest BCUT2D eigenvalue weighted by Gasteiger charge is 2.15. The van der Waals surface area contributed by atoms with E-state index in [-0.39, 0.29) is 10.7 Å². The maximum absolute atomic E-state index is 12.2. The lowest BCUT2D eigenvalue weighted by atomic mass is 10.2. The molecular weight excluding hydrogens is 485 g/mol. The molecule has 0 saturated carbocycles. The van der Waals surface area contributed by atoms with E-state index in [9.17, 15) is 14.7 Å². The summed E-state index contributed by atoms with van der Waals surface area (Å²) in [4.78, 5) is 30.7. The second-order valence-corrected chi connectivity index (χ2v) is 8.32. The van der Waals surface area contributed by atoms with Gasteiger partial charge in [0.2, 0.25) is 11.0 Å². The summed E-state index contributed by atoms with van der Waals surface area (Å²) in [7, 11) is 0. The van der Waals surface area contributed by atoms with Gasteiger partial charge in [-0.3, -0.25) is 9.78 Å². The van der Waals surface area contributed by atoms with Crippen molar-refractivity contribution in [2.45, 2.75) is 0 Å². The normalized spacial score (nSPS) is 11.3. The predicted octanol–water partition coefficient (Wildman–Crippen LogP) is 4.46. The van der Waals surface area contributed by atoms with Crippen LogP contribution in [-0.4, -0.2) is 31.1 Å². The first kappa shape index (κ1) is 21.3. The van der Waals surface area contributed by atoms with E-state index in [4.69, 9.17) is 34.8 Å². The van der Waals surface area contributed by atoms with Crippen LogP contribution in [0.15, 0.2) is 57.0 Å².